The van der Waals surface area contributed by atoms with Crippen LogP contribution in [0.3, 0.4) is 0 Å². The smallest absolute Gasteiger partial charge is 0.311 e. The topological polar surface area (TPSA) is 87.9 Å². The highest BCUT2D eigenvalue weighted by Crippen LogP contribution is 2.29. The molecule has 0 aliphatic carbocycles. The Morgan fingerprint density at radius 1 is 1.08 bits per heavy atom. The third-order valence-corrected chi connectivity index (χ3v) is 3.38. The van der Waals surface area contributed by atoms with Gasteiger partial charge in [0.15, 0.2) is 12.4 Å². The number of nitro benzene ring substituents is 1. The Balaban J connectivity index is 2.21. The molecule has 0 unspecified atom stereocenters. The number of carbonyl (C=O) groups is 1. The first kappa shape index (κ1) is 17.3. The number of nitrogens with zero attached hydrogens (tertiary/aromatic N) is 1. The van der Waals surface area contributed by atoms with Crippen LogP contribution in [0.4, 0.5) is 5.69 Å². The number of carbonyl (C=O) groups excluding carboxylic acids is 1. The van der Waals surface area contributed by atoms with Gasteiger partial charge < -0.3 is 14.2 Å². The Morgan fingerprint density at radius 2 is 1.79 bits per heavy atom. The Bertz CT molecular complexity index is 772. The molecule has 0 heterocycles. The molecule has 0 radical (unpaired) electrons. The van der Waals surface area contributed by atoms with E-state index in [2.05, 4.69) is 0 Å². The van der Waals surface area contributed by atoms with Gasteiger partial charge in [-0.25, -0.2) is 0 Å². The van der Waals surface area contributed by atoms with E-state index in [4.69, 9.17) is 14.2 Å². The molecule has 0 aliphatic heterocycles. The summed E-state index contributed by atoms with van der Waals surface area (Å²) >= 11 is 0. The fourth-order valence-electron chi connectivity index (χ4n) is 2.15. The molecule has 0 saturated carbocycles. The third-order valence-electron chi connectivity index (χ3n) is 3.38. The lowest BCUT2D eigenvalue weighted by Gasteiger charge is -2.11. The van der Waals surface area contributed by atoms with Gasteiger partial charge in [-0.05, 0) is 36.8 Å². The number of hydrogen-bond donors (Lipinski definition) is 0. The quantitative estimate of drug-likeness (QED) is 0.440. The highest BCUT2D eigenvalue weighted by atomic mass is 16.6. The minimum atomic E-state index is -0.543. The van der Waals surface area contributed by atoms with E-state index in [0.717, 1.165) is 5.56 Å². The number of rotatable bonds is 7. The predicted molar refractivity (Wildman–Crippen MR) is 87.2 cm³/mol. The van der Waals surface area contributed by atoms with Crippen LogP contribution in [-0.4, -0.2) is 31.5 Å². The van der Waals surface area contributed by atoms with E-state index < -0.39 is 4.92 Å². The number of hydrogen-bond acceptors (Lipinski definition) is 6. The normalized spacial score (nSPS) is 10.1. The first-order valence-corrected chi connectivity index (χ1v) is 7.09. The summed E-state index contributed by atoms with van der Waals surface area (Å²) in [4.78, 5) is 22.9. The SMILES string of the molecule is COc1ccc(OC)c(C(=O)COc2ccc(C)cc2[N+](=O)[O-])c1. The summed E-state index contributed by atoms with van der Waals surface area (Å²) in [5.74, 6) is 0.546. The Morgan fingerprint density at radius 3 is 2.42 bits per heavy atom. The second-order valence-corrected chi connectivity index (χ2v) is 5.01. The number of Topliss-reactive ketones (excluding diaryl/α,β-unsaturated/α-hetero) is 1. The van der Waals surface area contributed by atoms with E-state index in [1.54, 1.807) is 25.1 Å². The number of aryl methyl sites for hydroxylation is 1. The molecule has 0 aliphatic rings. The van der Waals surface area contributed by atoms with Crippen molar-refractivity contribution in [2.75, 3.05) is 20.8 Å². The lowest BCUT2D eigenvalue weighted by Crippen LogP contribution is -2.13. The number of ketones is 1. The van der Waals surface area contributed by atoms with E-state index in [1.807, 2.05) is 0 Å². The molecular weight excluding hydrogens is 314 g/mol. The summed E-state index contributed by atoms with van der Waals surface area (Å²) in [5, 5.41) is 11.1. The molecule has 0 saturated heterocycles. The minimum Gasteiger partial charge on any atom is -0.497 e. The maximum absolute atomic E-state index is 12.4. The van der Waals surface area contributed by atoms with Crippen molar-refractivity contribution in [2.45, 2.75) is 6.92 Å². The van der Waals surface area contributed by atoms with Crippen molar-refractivity contribution in [1.82, 2.24) is 0 Å². The van der Waals surface area contributed by atoms with Gasteiger partial charge in [-0.15, -0.1) is 0 Å². The summed E-state index contributed by atoms with van der Waals surface area (Å²) in [6.07, 6.45) is 0. The first-order chi connectivity index (χ1) is 11.5. The zero-order valence-electron chi connectivity index (χ0n) is 13.6. The van der Waals surface area contributed by atoms with Crippen molar-refractivity contribution < 1.29 is 23.9 Å². The Kier molecular flexibility index (Phi) is 5.36. The molecule has 0 spiro atoms. The largest absolute Gasteiger partial charge is 0.497 e. The van der Waals surface area contributed by atoms with E-state index in [1.165, 1.54) is 32.4 Å². The second kappa shape index (κ2) is 7.45. The molecule has 24 heavy (non-hydrogen) atoms. The van der Waals surface area contributed by atoms with Crippen molar-refractivity contribution in [2.24, 2.45) is 0 Å². The fourth-order valence-corrected chi connectivity index (χ4v) is 2.15. The predicted octanol–water partition coefficient (Wildman–Crippen LogP) is 3.18. The number of nitro groups is 1. The maximum atomic E-state index is 12.4. The van der Waals surface area contributed by atoms with Crippen molar-refractivity contribution in [1.29, 1.82) is 0 Å². The van der Waals surface area contributed by atoms with Crippen LogP contribution >= 0.6 is 0 Å². The van der Waals surface area contributed by atoms with Gasteiger partial charge in [-0.3, -0.25) is 14.9 Å². The molecule has 2 aromatic carbocycles. The zero-order valence-corrected chi connectivity index (χ0v) is 13.6. The average molecular weight is 331 g/mol. The number of methoxy groups -OCH3 is 2. The molecule has 0 amide bonds. The van der Waals surface area contributed by atoms with Gasteiger partial charge in [0, 0.05) is 6.07 Å². The molecule has 7 nitrogen and oxygen atoms in total. The second-order valence-electron chi connectivity index (χ2n) is 5.01. The molecule has 0 aromatic heterocycles. The molecule has 0 atom stereocenters. The van der Waals surface area contributed by atoms with Crippen molar-refractivity contribution in [3.8, 4) is 17.2 Å². The van der Waals surface area contributed by atoms with E-state index in [-0.39, 0.29) is 29.4 Å². The van der Waals surface area contributed by atoms with Gasteiger partial charge in [0.2, 0.25) is 5.78 Å². The van der Waals surface area contributed by atoms with Crippen LogP contribution in [0, 0.1) is 17.0 Å². The fraction of sp³-hybridized carbons (Fsp3) is 0.235. The van der Waals surface area contributed by atoms with E-state index in [9.17, 15) is 14.9 Å². The highest BCUT2D eigenvalue weighted by Gasteiger charge is 2.19. The van der Waals surface area contributed by atoms with Crippen LogP contribution in [0.15, 0.2) is 36.4 Å². The molecule has 0 fully saturated rings. The van der Waals surface area contributed by atoms with Crippen molar-refractivity contribution in [3.05, 3.63) is 57.6 Å². The van der Waals surface area contributed by atoms with Gasteiger partial charge >= 0.3 is 5.69 Å². The van der Waals surface area contributed by atoms with Crippen molar-refractivity contribution >= 4 is 11.5 Å². The monoisotopic (exact) mass is 331 g/mol. The molecule has 2 aromatic rings. The minimum absolute atomic E-state index is 0.0424. The van der Waals surface area contributed by atoms with Crippen LogP contribution < -0.4 is 14.2 Å². The van der Waals surface area contributed by atoms with E-state index >= 15 is 0 Å². The van der Waals surface area contributed by atoms with Crippen LogP contribution in [0.25, 0.3) is 0 Å². The van der Waals surface area contributed by atoms with E-state index in [0.29, 0.717) is 11.5 Å². The van der Waals surface area contributed by atoms with Gasteiger partial charge in [-0.1, -0.05) is 6.07 Å². The average Bonchev–Trinajstić information content (AvgIpc) is 2.59. The molecule has 0 bridgehead atoms. The van der Waals surface area contributed by atoms with Crippen molar-refractivity contribution in [3.63, 3.8) is 0 Å². The summed E-state index contributed by atoms with van der Waals surface area (Å²) in [5.41, 5.74) is 0.835. The molecule has 126 valence electrons. The number of benzene rings is 2. The molecule has 2 rings (SSSR count). The summed E-state index contributed by atoms with van der Waals surface area (Å²) in [6, 6.07) is 9.37. The summed E-state index contributed by atoms with van der Waals surface area (Å²) in [6.45, 7) is 1.39. The number of ether oxygens (including phenoxy) is 3. The van der Waals surface area contributed by atoms with Gasteiger partial charge in [-0.2, -0.15) is 0 Å². The van der Waals surface area contributed by atoms with Crippen LogP contribution in [0.5, 0.6) is 17.2 Å². The standard InChI is InChI=1S/C17H17NO6/c1-11-4-6-17(14(8-11)18(20)21)24-10-15(19)13-9-12(22-2)5-7-16(13)23-3/h4-9H,10H2,1-3H3. The van der Waals surface area contributed by atoms with Gasteiger partial charge in [0.1, 0.15) is 11.5 Å². The van der Waals surface area contributed by atoms with Gasteiger partial charge in [0.05, 0.1) is 24.7 Å². The van der Waals surface area contributed by atoms with Crippen LogP contribution in [-0.2, 0) is 0 Å². The molecular formula is C17H17NO6. The lowest BCUT2D eigenvalue weighted by molar-refractivity contribution is -0.385. The van der Waals surface area contributed by atoms with Crippen LogP contribution in [0.2, 0.25) is 0 Å². The maximum Gasteiger partial charge on any atom is 0.311 e. The zero-order chi connectivity index (χ0) is 17.7. The highest BCUT2D eigenvalue weighted by molar-refractivity contribution is 6.00. The van der Waals surface area contributed by atoms with Gasteiger partial charge in [0.25, 0.3) is 0 Å². The third kappa shape index (κ3) is 3.81. The lowest BCUT2D eigenvalue weighted by atomic mass is 10.1. The summed E-state index contributed by atoms with van der Waals surface area (Å²) in [7, 11) is 2.94. The first-order valence-electron chi connectivity index (χ1n) is 7.09. The Hall–Kier alpha value is -3.09. The molecule has 7 heteroatoms. The Labute approximate surface area is 138 Å². The summed E-state index contributed by atoms with van der Waals surface area (Å²) < 4.78 is 15.6. The van der Waals surface area contributed by atoms with Crippen LogP contribution in [0.1, 0.15) is 15.9 Å². The molecule has 0 N–H and O–H groups in total.